The van der Waals surface area contributed by atoms with Gasteiger partial charge in [0.2, 0.25) is 15.9 Å². The van der Waals surface area contributed by atoms with Crippen molar-refractivity contribution in [1.29, 1.82) is 0 Å². The van der Waals surface area contributed by atoms with E-state index in [-0.39, 0.29) is 40.0 Å². The number of carbonyl (C=O) groups excluding carboxylic acids is 1. The first-order valence-electron chi connectivity index (χ1n) is 11.2. The van der Waals surface area contributed by atoms with Crippen LogP contribution in [0.2, 0.25) is 10.0 Å². The number of carbonyl (C=O) groups is 1. The summed E-state index contributed by atoms with van der Waals surface area (Å²) in [6, 6.07) is 1.67. The summed E-state index contributed by atoms with van der Waals surface area (Å²) in [4.78, 5) is 13.4. The summed E-state index contributed by atoms with van der Waals surface area (Å²) < 4.78 is 57.0. The molecule has 1 aliphatic heterocycles. The highest BCUT2D eigenvalue weighted by Crippen LogP contribution is 2.64. The quantitative estimate of drug-likeness (QED) is 0.539. The number of halogens is 4. The fourth-order valence-electron chi connectivity index (χ4n) is 5.86. The highest BCUT2D eigenvalue weighted by Gasteiger charge is 2.59. The molecule has 12 heteroatoms. The van der Waals surface area contributed by atoms with Gasteiger partial charge in [-0.3, -0.25) is 9.89 Å². The van der Waals surface area contributed by atoms with E-state index in [4.69, 9.17) is 23.2 Å². The van der Waals surface area contributed by atoms with Gasteiger partial charge in [0.15, 0.2) is 0 Å². The summed E-state index contributed by atoms with van der Waals surface area (Å²) in [5.41, 5.74) is -1.94. The molecule has 34 heavy (non-hydrogen) atoms. The molecule has 2 atom stereocenters. The molecule has 1 aromatic heterocycles. The van der Waals surface area contributed by atoms with Crippen molar-refractivity contribution >= 4 is 39.1 Å². The minimum atomic E-state index is -3.78. The maximum Gasteiger partial charge on any atom is 0.246 e. The van der Waals surface area contributed by atoms with Crippen molar-refractivity contribution in [2.24, 2.45) is 11.3 Å². The van der Waals surface area contributed by atoms with E-state index >= 15 is 8.78 Å². The monoisotopic (exact) mass is 532 g/mol. The third kappa shape index (κ3) is 3.92. The molecule has 0 unspecified atom stereocenters. The van der Waals surface area contributed by atoms with Crippen molar-refractivity contribution in [3.8, 4) is 0 Å². The zero-order valence-corrected chi connectivity index (χ0v) is 20.5. The van der Waals surface area contributed by atoms with E-state index in [1.165, 1.54) is 28.8 Å². The average molecular weight is 533 g/mol. The second kappa shape index (κ2) is 8.43. The van der Waals surface area contributed by atoms with Crippen LogP contribution in [0.5, 0.6) is 0 Å². The van der Waals surface area contributed by atoms with E-state index in [1.807, 2.05) is 0 Å². The van der Waals surface area contributed by atoms with Crippen LogP contribution in [-0.2, 0) is 14.8 Å². The van der Waals surface area contributed by atoms with E-state index in [9.17, 15) is 13.2 Å². The molecule has 5 rings (SSSR count). The Morgan fingerprint density at radius 1 is 1.26 bits per heavy atom. The number of sulfonamides is 1. The molecule has 2 aromatic rings. The summed E-state index contributed by atoms with van der Waals surface area (Å²) >= 11 is 12.6. The van der Waals surface area contributed by atoms with Crippen molar-refractivity contribution in [3.05, 3.63) is 46.0 Å². The lowest BCUT2D eigenvalue weighted by Gasteiger charge is -2.38. The van der Waals surface area contributed by atoms with Crippen molar-refractivity contribution in [1.82, 2.24) is 19.8 Å². The van der Waals surface area contributed by atoms with Gasteiger partial charge in [-0.05, 0) is 56.1 Å². The number of H-pyrrole nitrogens is 1. The molecule has 0 spiro atoms. The van der Waals surface area contributed by atoms with Crippen LogP contribution in [0.1, 0.15) is 50.1 Å². The summed E-state index contributed by atoms with van der Waals surface area (Å²) in [6.07, 6.45) is 4.68. The van der Waals surface area contributed by atoms with Crippen LogP contribution in [0.25, 0.3) is 0 Å². The first-order valence-corrected chi connectivity index (χ1v) is 13.4. The summed E-state index contributed by atoms with van der Waals surface area (Å²) in [7, 11) is -3.78. The number of alkyl halides is 1. The Labute approximate surface area is 206 Å². The Morgan fingerprint density at radius 2 is 2.00 bits per heavy atom. The van der Waals surface area contributed by atoms with Crippen LogP contribution in [-0.4, -0.2) is 47.6 Å². The summed E-state index contributed by atoms with van der Waals surface area (Å²) in [5, 5.41) is 9.25. The smallest absolute Gasteiger partial charge is 0.246 e. The molecule has 2 bridgehead atoms. The predicted octanol–water partition coefficient (Wildman–Crippen LogP) is 4.40. The molecule has 2 N–H and O–H groups in total. The van der Waals surface area contributed by atoms with E-state index in [2.05, 4.69) is 15.5 Å². The number of nitrogens with zero attached hydrogens (tertiary/aromatic N) is 2. The van der Waals surface area contributed by atoms with Gasteiger partial charge in [0, 0.05) is 24.8 Å². The lowest BCUT2D eigenvalue weighted by atomic mass is 9.74. The largest absolute Gasteiger partial charge is 0.348 e. The van der Waals surface area contributed by atoms with Gasteiger partial charge in [-0.1, -0.05) is 23.2 Å². The van der Waals surface area contributed by atoms with Crippen LogP contribution in [0.4, 0.5) is 8.78 Å². The van der Waals surface area contributed by atoms with Crippen molar-refractivity contribution in [2.45, 2.75) is 55.1 Å². The Morgan fingerprint density at radius 3 is 2.62 bits per heavy atom. The highest BCUT2D eigenvalue weighted by atomic mass is 35.5. The maximum atomic E-state index is 15.1. The molecule has 3 aliphatic rings. The van der Waals surface area contributed by atoms with Crippen LogP contribution in [0.15, 0.2) is 29.4 Å². The van der Waals surface area contributed by atoms with E-state index in [1.54, 1.807) is 0 Å². The number of hydrogen-bond acceptors (Lipinski definition) is 4. The first kappa shape index (κ1) is 24.0. The number of benzene rings is 1. The first-order chi connectivity index (χ1) is 16.0. The van der Waals surface area contributed by atoms with E-state index < -0.39 is 44.8 Å². The number of aromatic amines is 1. The van der Waals surface area contributed by atoms with Gasteiger partial charge in [0.05, 0.1) is 28.2 Å². The summed E-state index contributed by atoms with van der Waals surface area (Å²) in [6.45, 7) is 0.152. The molecule has 1 aromatic carbocycles. The van der Waals surface area contributed by atoms with Crippen LogP contribution in [0, 0.1) is 17.2 Å². The SMILES string of the molecule is O=C(N[C@H](c1c(F)ccc(Cl)c1Cl)C12CCC(F)(CC1)C2)[C@@H]1CCN(S(=O)(=O)c2cn[nH]c2)C1. The van der Waals surface area contributed by atoms with Gasteiger partial charge < -0.3 is 5.32 Å². The molecule has 7 nitrogen and oxygen atoms in total. The van der Waals surface area contributed by atoms with Crippen molar-refractivity contribution in [2.75, 3.05) is 13.1 Å². The molecule has 184 valence electrons. The number of nitrogens with one attached hydrogen (secondary N) is 2. The predicted molar refractivity (Wildman–Crippen MR) is 122 cm³/mol. The van der Waals surface area contributed by atoms with E-state index in [0.717, 1.165) is 0 Å². The fraction of sp³-hybridized carbons (Fsp3) is 0.545. The lowest BCUT2D eigenvalue weighted by molar-refractivity contribution is -0.126. The molecular weight excluding hydrogens is 509 g/mol. The van der Waals surface area contributed by atoms with Gasteiger partial charge in [0.25, 0.3) is 0 Å². The fourth-order valence-corrected chi connectivity index (χ4v) is 7.69. The number of hydrogen-bond donors (Lipinski definition) is 2. The molecule has 2 aliphatic carbocycles. The zero-order valence-electron chi connectivity index (χ0n) is 18.2. The minimum absolute atomic E-state index is 0.000170. The average Bonchev–Trinajstić information content (AvgIpc) is 3.59. The Balaban J connectivity index is 1.42. The second-order valence-electron chi connectivity index (χ2n) is 9.67. The van der Waals surface area contributed by atoms with Crippen LogP contribution in [0.3, 0.4) is 0 Å². The molecule has 2 saturated carbocycles. The van der Waals surface area contributed by atoms with Gasteiger partial charge in [0.1, 0.15) is 16.4 Å². The second-order valence-corrected chi connectivity index (χ2v) is 12.4. The molecule has 1 amide bonds. The van der Waals surface area contributed by atoms with Gasteiger partial charge in [-0.2, -0.15) is 9.40 Å². The van der Waals surface area contributed by atoms with Gasteiger partial charge >= 0.3 is 0 Å². The third-order valence-electron chi connectivity index (χ3n) is 7.71. The Hall–Kier alpha value is -1.75. The van der Waals surface area contributed by atoms with Crippen molar-refractivity contribution in [3.63, 3.8) is 0 Å². The molecule has 2 heterocycles. The molecule has 1 saturated heterocycles. The molecule has 3 fully saturated rings. The zero-order chi connectivity index (χ0) is 24.3. The molecule has 0 radical (unpaired) electrons. The van der Waals surface area contributed by atoms with Gasteiger partial charge in [-0.25, -0.2) is 17.2 Å². The topological polar surface area (TPSA) is 95.2 Å². The highest BCUT2D eigenvalue weighted by molar-refractivity contribution is 7.89. The normalized spacial score (nSPS) is 30.1. The lowest BCUT2D eigenvalue weighted by Crippen LogP contribution is -2.43. The number of amides is 1. The number of aromatic nitrogens is 2. The number of rotatable bonds is 6. The minimum Gasteiger partial charge on any atom is -0.348 e. The third-order valence-corrected chi connectivity index (χ3v) is 10.4. The number of fused-ring (bicyclic) bond motifs is 2. The maximum absolute atomic E-state index is 15.1. The standard InChI is InChI=1S/C22H24Cl2F2N4O3S/c23-15-1-2-16(25)17(18(15)24)19(21-4-6-22(26,12-21)7-5-21)29-20(31)13-3-8-30(11-13)34(32,33)14-9-27-28-10-14/h1-2,9-10,13,19H,3-8,11-12H2,(H,27,28)(H,29,31)/t13-,19-,21?,22?/m1/s1. The Kier molecular flexibility index (Phi) is 5.94. The van der Waals surface area contributed by atoms with Crippen LogP contribution >= 0.6 is 23.2 Å². The summed E-state index contributed by atoms with van der Waals surface area (Å²) in [5.74, 6) is -1.67. The molecular formula is C22H24Cl2F2N4O3S. The van der Waals surface area contributed by atoms with Gasteiger partial charge in [-0.15, -0.1) is 0 Å². The van der Waals surface area contributed by atoms with Crippen LogP contribution < -0.4 is 5.32 Å². The Bertz CT molecular complexity index is 1220. The van der Waals surface area contributed by atoms with E-state index in [0.29, 0.717) is 32.1 Å². The van der Waals surface area contributed by atoms with Crippen molar-refractivity contribution < 1.29 is 22.0 Å².